The van der Waals surface area contributed by atoms with Crippen LogP contribution in [-0.2, 0) is 0 Å². The molecule has 0 aliphatic heterocycles. The second-order valence-corrected chi connectivity index (χ2v) is 5.78. The van der Waals surface area contributed by atoms with Crippen molar-refractivity contribution >= 4 is 22.6 Å². The third kappa shape index (κ3) is 2.79. The van der Waals surface area contributed by atoms with Gasteiger partial charge in [-0.3, -0.25) is 0 Å². The van der Waals surface area contributed by atoms with Crippen LogP contribution in [0, 0.1) is 13.8 Å². The van der Waals surface area contributed by atoms with E-state index in [1.54, 1.807) is 0 Å². The lowest BCUT2D eigenvalue weighted by Gasteiger charge is -2.06. The van der Waals surface area contributed by atoms with Gasteiger partial charge in [0.15, 0.2) is 0 Å². The molecule has 1 heterocycles. The Morgan fingerprint density at radius 2 is 1.68 bits per heavy atom. The van der Waals surface area contributed by atoms with E-state index in [1.807, 2.05) is 37.3 Å². The molecule has 0 N–H and O–H groups in total. The Kier molecular flexibility index (Phi) is 4.04. The van der Waals surface area contributed by atoms with Gasteiger partial charge in [0.25, 0.3) is 0 Å². The molecule has 3 aromatic rings. The van der Waals surface area contributed by atoms with Gasteiger partial charge in [0.1, 0.15) is 11.1 Å². The SMILES string of the molecule is CCOc1cc(-c2ccc(Cl)cc2)[o+]c2cc(C)c(C)cc12. The molecule has 1 aromatic heterocycles. The van der Waals surface area contributed by atoms with Crippen LogP contribution in [0.25, 0.3) is 22.3 Å². The average molecular weight is 314 g/mol. The third-order valence-corrected chi connectivity index (χ3v) is 4.02. The molecule has 0 atom stereocenters. The van der Waals surface area contributed by atoms with Gasteiger partial charge >= 0.3 is 11.3 Å². The van der Waals surface area contributed by atoms with E-state index in [-0.39, 0.29) is 0 Å². The van der Waals surface area contributed by atoms with Gasteiger partial charge in [-0.05, 0) is 62.2 Å². The summed E-state index contributed by atoms with van der Waals surface area (Å²) in [6.07, 6.45) is 0. The molecule has 22 heavy (non-hydrogen) atoms. The number of halogens is 1. The van der Waals surface area contributed by atoms with Gasteiger partial charge in [-0.25, -0.2) is 4.42 Å². The van der Waals surface area contributed by atoms with Crippen molar-refractivity contribution in [2.45, 2.75) is 20.8 Å². The first-order valence-electron chi connectivity index (χ1n) is 7.35. The van der Waals surface area contributed by atoms with E-state index < -0.39 is 0 Å². The second-order valence-electron chi connectivity index (χ2n) is 5.35. The Morgan fingerprint density at radius 1 is 1.00 bits per heavy atom. The summed E-state index contributed by atoms with van der Waals surface area (Å²) in [6, 6.07) is 13.7. The number of rotatable bonds is 3. The summed E-state index contributed by atoms with van der Waals surface area (Å²) in [5.74, 6) is 1.62. The zero-order valence-electron chi connectivity index (χ0n) is 12.9. The molecular formula is C19H18ClO2+. The predicted molar refractivity (Wildman–Crippen MR) is 91.7 cm³/mol. The fourth-order valence-electron chi connectivity index (χ4n) is 2.44. The maximum absolute atomic E-state index is 6.09. The van der Waals surface area contributed by atoms with Crippen LogP contribution in [-0.4, -0.2) is 6.61 Å². The zero-order valence-corrected chi connectivity index (χ0v) is 13.7. The molecular weight excluding hydrogens is 296 g/mol. The summed E-state index contributed by atoms with van der Waals surface area (Å²) in [7, 11) is 0. The van der Waals surface area contributed by atoms with Crippen LogP contribution in [0.1, 0.15) is 18.1 Å². The van der Waals surface area contributed by atoms with Crippen molar-refractivity contribution in [1.82, 2.24) is 0 Å². The monoisotopic (exact) mass is 313 g/mol. The molecule has 3 rings (SSSR count). The molecule has 2 aromatic carbocycles. The number of hydrogen-bond acceptors (Lipinski definition) is 1. The molecule has 0 fully saturated rings. The number of benzene rings is 2. The van der Waals surface area contributed by atoms with Crippen molar-refractivity contribution in [3.8, 4) is 17.1 Å². The van der Waals surface area contributed by atoms with Gasteiger partial charge in [-0.2, -0.15) is 0 Å². The lowest BCUT2D eigenvalue weighted by molar-refractivity contribution is 0.342. The molecule has 0 saturated carbocycles. The Morgan fingerprint density at radius 3 is 2.36 bits per heavy atom. The molecule has 112 valence electrons. The fraction of sp³-hybridized carbons (Fsp3) is 0.211. The Bertz CT molecular complexity index is 823. The van der Waals surface area contributed by atoms with E-state index in [0.717, 1.165) is 28.0 Å². The van der Waals surface area contributed by atoms with E-state index in [0.29, 0.717) is 11.6 Å². The van der Waals surface area contributed by atoms with E-state index >= 15 is 0 Å². The number of ether oxygens (including phenoxy) is 1. The normalized spacial score (nSPS) is 10.9. The molecule has 0 unspecified atom stereocenters. The fourth-order valence-corrected chi connectivity index (χ4v) is 2.57. The summed E-state index contributed by atoms with van der Waals surface area (Å²) in [5.41, 5.74) is 4.24. The van der Waals surface area contributed by atoms with Crippen LogP contribution < -0.4 is 4.74 Å². The van der Waals surface area contributed by atoms with Gasteiger partial charge in [0, 0.05) is 11.1 Å². The first-order valence-corrected chi connectivity index (χ1v) is 7.73. The molecule has 0 bridgehead atoms. The van der Waals surface area contributed by atoms with Crippen molar-refractivity contribution in [3.63, 3.8) is 0 Å². The van der Waals surface area contributed by atoms with Gasteiger partial charge in [-0.1, -0.05) is 11.6 Å². The topological polar surface area (TPSA) is 20.5 Å². The highest BCUT2D eigenvalue weighted by atomic mass is 35.5. The first kappa shape index (κ1) is 14.9. The van der Waals surface area contributed by atoms with Crippen LogP contribution in [0.5, 0.6) is 5.75 Å². The van der Waals surface area contributed by atoms with E-state index in [9.17, 15) is 0 Å². The number of hydrogen-bond donors (Lipinski definition) is 0. The van der Waals surface area contributed by atoms with E-state index in [1.165, 1.54) is 11.1 Å². The Labute approximate surface area is 135 Å². The number of fused-ring (bicyclic) bond motifs is 1. The summed E-state index contributed by atoms with van der Waals surface area (Å²) in [5, 5.41) is 1.71. The highest BCUT2D eigenvalue weighted by molar-refractivity contribution is 6.30. The Balaban J connectivity index is 2.23. The smallest absolute Gasteiger partial charge is 0.364 e. The zero-order chi connectivity index (χ0) is 15.7. The summed E-state index contributed by atoms with van der Waals surface area (Å²) < 4.78 is 11.9. The maximum Gasteiger partial charge on any atom is 0.364 e. The lowest BCUT2D eigenvalue weighted by atomic mass is 10.1. The quantitative estimate of drug-likeness (QED) is 0.549. The van der Waals surface area contributed by atoms with Crippen molar-refractivity contribution in [3.05, 3.63) is 58.6 Å². The molecule has 0 spiro atoms. The highest BCUT2D eigenvalue weighted by Gasteiger charge is 2.20. The molecule has 0 aliphatic rings. The molecule has 0 saturated heterocycles. The van der Waals surface area contributed by atoms with Crippen LogP contribution in [0.15, 0.2) is 46.9 Å². The third-order valence-electron chi connectivity index (χ3n) is 3.77. The van der Waals surface area contributed by atoms with Gasteiger partial charge in [0.2, 0.25) is 0 Å². The largest absolute Gasteiger partial charge is 0.493 e. The summed E-state index contributed by atoms with van der Waals surface area (Å²) in [4.78, 5) is 0. The van der Waals surface area contributed by atoms with E-state index in [4.69, 9.17) is 20.8 Å². The predicted octanol–water partition coefficient (Wildman–Crippen LogP) is 6.05. The van der Waals surface area contributed by atoms with Crippen LogP contribution in [0.2, 0.25) is 5.02 Å². The van der Waals surface area contributed by atoms with Crippen molar-refractivity contribution in [2.75, 3.05) is 6.61 Å². The minimum absolute atomic E-state index is 0.617. The molecule has 0 radical (unpaired) electrons. The van der Waals surface area contributed by atoms with Crippen LogP contribution >= 0.6 is 11.6 Å². The minimum atomic E-state index is 0.617. The van der Waals surface area contributed by atoms with Crippen LogP contribution in [0.3, 0.4) is 0 Å². The van der Waals surface area contributed by atoms with Gasteiger partial charge < -0.3 is 4.74 Å². The molecule has 2 nitrogen and oxygen atoms in total. The lowest BCUT2D eigenvalue weighted by Crippen LogP contribution is -1.94. The molecule has 0 aliphatic carbocycles. The minimum Gasteiger partial charge on any atom is -0.493 e. The molecule has 0 amide bonds. The highest BCUT2D eigenvalue weighted by Crippen LogP contribution is 2.34. The first-order chi connectivity index (χ1) is 10.6. The van der Waals surface area contributed by atoms with Crippen molar-refractivity contribution in [2.24, 2.45) is 0 Å². The van der Waals surface area contributed by atoms with Crippen LogP contribution in [0.4, 0.5) is 0 Å². The average Bonchev–Trinajstić information content (AvgIpc) is 2.50. The molecule has 3 heteroatoms. The second kappa shape index (κ2) is 5.98. The van der Waals surface area contributed by atoms with Crippen molar-refractivity contribution in [1.29, 1.82) is 0 Å². The summed E-state index contributed by atoms with van der Waals surface area (Å²) >= 11 is 5.96. The van der Waals surface area contributed by atoms with Gasteiger partial charge in [-0.15, -0.1) is 0 Å². The van der Waals surface area contributed by atoms with Gasteiger partial charge in [0.05, 0.1) is 18.2 Å². The Hall–Kier alpha value is -2.06. The number of aryl methyl sites for hydroxylation is 2. The summed E-state index contributed by atoms with van der Waals surface area (Å²) in [6.45, 7) is 6.78. The van der Waals surface area contributed by atoms with E-state index in [2.05, 4.69) is 26.0 Å². The standard InChI is InChI=1S/C19H18ClO2/c1-4-21-18-11-17(14-5-7-15(20)8-6-14)22-19-10-13(3)12(2)9-16(18)19/h5-11H,4H2,1-3H3/q+1. The van der Waals surface area contributed by atoms with Crippen molar-refractivity contribution < 1.29 is 9.15 Å². The maximum atomic E-state index is 6.09.